The lowest BCUT2D eigenvalue weighted by molar-refractivity contribution is -0.127. The average Bonchev–Trinajstić information content (AvgIpc) is 2.86. The number of rotatable bonds is 20. The molecule has 1 N–H and O–H groups in total. The third-order valence-corrected chi connectivity index (χ3v) is 6.45. The van der Waals surface area contributed by atoms with Gasteiger partial charge >= 0.3 is 0 Å². The van der Waals surface area contributed by atoms with E-state index in [1.807, 2.05) is 41.5 Å². The molecule has 1 fully saturated rings. The molecule has 1 amide bonds. The molecule has 11 heteroatoms. The molecule has 1 aliphatic rings. The van der Waals surface area contributed by atoms with Crippen molar-refractivity contribution >= 4 is 16.9 Å². The molecular formula is C24H51N3O7S. The highest BCUT2D eigenvalue weighted by Crippen LogP contribution is 2.08. The summed E-state index contributed by atoms with van der Waals surface area (Å²) in [6, 6.07) is 0. The zero-order valence-corrected chi connectivity index (χ0v) is 23.7. The third kappa shape index (κ3) is 20.1. The summed E-state index contributed by atoms with van der Waals surface area (Å²) in [7, 11) is -0.870. The Hall–Kier alpha value is -0.660. The van der Waals surface area contributed by atoms with Gasteiger partial charge < -0.3 is 29.0 Å². The Morgan fingerprint density at radius 3 is 1.77 bits per heavy atom. The van der Waals surface area contributed by atoms with Crippen molar-refractivity contribution in [2.45, 2.75) is 52.9 Å². The van der Waals surface area contributed by atoms with Crippen LogP contribution in [0.25, 0.3) is 0 Å². The van der Waals surface area contributed by atoms with Gasteiger partial charge in [0.05, 0.1) is 69.9 Å². The van der Waals surface area contributed by atoms with Gasteiger partial charge in [-0.2, -0.15) is 0 Å². The molecule has 1 rings (SSSR count). The Morgan fingerprint density at radius 1 is 0.800 bits per heavy atom. The van der Waals surface area contributed by atoms with Crippen LogP contribution in [0.15, 0.2) is 0 Å². The van der Waals surface area contributed by atoms with Crippen molar-refractivity contribution in [3.05, 3.63) is 0 Å². The van der Waals surface area contributed by atoms with Crippen molar-refractivity contribution in [3.63, 3.8) is 0 Å². The quantitative estimate of drug-likeness (QED) is 0.238. The normalized spacial score (nSPS) is 15.8. The molecule has 210 valence electrons. The van der Waals surface area contributed by atoms with Crippen LogP contribution in [0.3, 0.4) is 0 Å². The number of hydrogen-bond donors (Lipinski definition) is 1. The molecule has 0 bridgehead atoms. The van der Waals surface area contributed by atoms with Crippen molar-refractivity contribution in [1.82, 2.24) is 14.5 Å². The number of carbonyl (C=O) groups is 1. The molecule has 1 saturated heterocycles. The van der Waals surface area contributed by atoms with E-state index in [1.54, 1.807) is 0 Å². The lowest BCUT2D eigenvalue weighted by Gasteiger charge is -2.34. The molecule has 1 atom stereocenters. The second-order valence-electron chi connectivity index (χ2n) is 8.25. The predicted molar refractivity (Wildman–Crippen MR) is 140 cm³/mol. The summed E-state index contributed by atoms with van der Waals surface area (Å²) in [4.78, 5) is 13.8. The fourth-order valence-electron chi connectivity index (χ4n) is 2.94. The number of nitrogens with one attached hydrogen (secondary N) is 1. The molecule has 1 aliphatic heterocycles. The largest absolute Gasteiger partial charge is 0.378 e. The molecule has 1 heterocycles. The van der Waals surface area contributed by atoms with E-state index < -0.39 is 11.0 Å². The highest BCUT2D eigenvalue weighted by molar-refractivity contribution is 7.83. The van der Waals surface area contributed by atoms with Gasteiger partial charge in [-0.25, -0.2) is 8.51 Å². The minimum atomic E-state index is -0.870. The molecular weight excluding hydrogens is 474 g/mol. The molecule has 0 aromatic carbocycles. The van der Waals surface area contributed by atoms with Gasteiger partial charge in [0.1, 0.15) is 6.61 Å². The smallest absolute Gasteiger partial charge is 0.246 e. The van der Waals surface area contributed by atoms with Gasteiger partial charge in [0, 0.05) is 44.5 Å². The van der Waals surface area contributed by atoms with E-state index in [0.29, 0.717) is 59.4 Å². The summed E-state index contributed by atoms with van der Waals surface area (Å²) in [5, 5.41) is 2.91. The first kappa shape index (κ1) is 34.3. The Morgan fingerprint density at radius 2 is 1.29 bits per heavy atom. The van der Waals surface area contributed by atoms with Crippen molar-refractivity contribution in [2.75, 3.05) is 98.7 Å². The molecule has 10 nitrogen and oxygen atoms in total. The predicted octanol–water partition coefficient (Wildman–Crippen LogP) is 1.31. The second kappa shape index (κ2) is 23.7. The van der Waals surface area contributed by atoms with Gasteiger partial charge in [-0.05, 0) is 27.7 Å². The van der Waals surface area contributed by atoms with Crippen molar-refractivity contribution < 1.29 is 32.7 Å². The van der Waals surface area contributed by atoms with Crippen LogP contribution >= 0.6 is 0 Å². The van der Waals surface area contributed by atoms with Crippen LogP contribution in [0.1, 0.15) is 41.5 Å². The number of nitrogens with zero attached hydrogens (tertiary/aromatic N) is 2. The van der Waals surface area contributed by atoms with E-state index in [9.17, 15) is 9.00 Å². The van der Waals surface area contributed by atoms with Crippen LogP contribution in [-0.4, -0.2) is 129 Å². The van der Waals surface area contributed by atoms with E-state index in [2.05, 4.69) is 14.5 Å². The average molecular weight is 526 g/mol. The summed E-state index contributed by atoms with van der Waals surface area (Å²) < 4.78 is 41.4. The minimum Gasteiger partial charge on any atom is -0.378 e. The maximum atomic E-state index is 12.1. The molecule has 0 saturated carbocycles. The van der Waals surface area contributed by atoms with Crippen LogP contribution in [0.4, 0.5) is 0 Å². The van der Waals surface area contributed by atoms with Crippen LogP contribution in [0.5, 0.6) is 0 Å². The molecule has 0 aromatic heterocycles. The maximum Gasteiger partial charge on any atom is 0.246 e. The number of piperazine rings is 1. The maximum absolute atomic E-state index is 12.1. The monoisotopic (exact) mass is 525 g/mol. The lowest BCUT2D eigenvalue weighted by atomic mass is 10.3. The summed E-state index contributed by atoms with van der Waals surface area (Å²) in [6.07, 6.45) is 0.0439. The Labute approximate surface area is 215 Å². The third-order valence-electron chi connectivity index (χ3n) is 4.77. The Balaban J connectivity index is 0.00000562. The summed E-state index contributed by atoms with van der Waals surface area (Å²) >= 11 is 0. The SMILES string of the molecule is CC.CC(C)OCC(=O)NCCOCCOCCOCCOCCN1CCN(S(=O)C(C)C)CC1. The second-order valence-corrected chi connectivity index (χ2v) is 10.3. The van der Waals surface area contributed by atoms with Crippen LogP contribution in [0, 0.1) is 0 Å². The highest BCUT2D eigenvalue weighted by Gasteiger charge is 2.22. The fourth-order valence-corrected chi connectivity index (χ4v) is 4.06. The summed E-state index contributed by atoms with van der Waals surface area (Å²) in [5.74, 6) is -0.136. The van der Waals surface area contributed by atoms with Crippen molar-refractivity contribution in [1.29, 1.82) is 0 Å². The zero-order valence-electron chi connectivity index (χ0n) is 22.9. The van der Waals surface area contributed by atoms with Crippen LogP contribution in [0.2, 0.25) is 0 Å². The van der Waals surface area contributed by atoms with Gasteiger partial charge in [0.15, 0.2) is 0 Å². The van der Waals surface area contributed by atoms with Gasteiger partial charge in [-0.3, -0.25) is 9.69 Å². The molecule has 0 radical (unpaired) electrons. The van der Waals surface area contributed by atoms with Crippen LogP contribution < -0.4 is 5.32 Å². The van der Waals surface area contributed by atoms with Gasteiger partial charge in [0.25, 0.3) is 0 Å². The number of carbonyl (C=O) groups excluding carboxylic acids is 1. The first-order valence-electron chi connectivity index (χ1n) is 13.0. The molecule has 0 spiro atoms. The molecule has 0 aliphatic carbocycles. The Bertz CT molecular complexity index is 519. The van der Waals surface area contributed by atoms with Gasteiger partial charge in [-0.15, -0.1) is 0 Å². The van der Waals surface area contributed by atoms with Gasteiger partial charge in [-0.1, -0.05) is 13.8 Å². The first-order chi connectivity index (χ1) is 16.9. The number of amides is 1. The number of hydrogen-bond acceptors (Lipinski definition) is 8. The lowest BCUT2D eigenvalue weighted by Crippen LogP contribution is -2.48. The van der Waals surface area contributed by atoms with Crippen molar-refractivity contribution in [3.8, 4) is 0 Å². The van der Waals surface area contributed by atoms with E-state index in [1.165, 1.54) is 0 Å². The van der Waals surface area contributed by atoms with E-state index >= 15 is 0 Å². The fraction of sp³-hybridized carbons (Fsp3) is 0.958. The Kier molecular flexibility index (Phi) is 23.3. The number of ether oxygens (including phenoxy) is 5. The van der Waals surface area contributed by atoms with E-state index in [4.69, 9.17) is 23.7 Å². The zero-order chi connectivity index (χ0) is 26.3. The molecule has 1 unspecified atom stereocenters. The van der Waals surface area contributed by atoms with E-state index in [0.717, 1.165) is 32.7 Å². The first-order valence-corrected chi connectivity index (χ1v) is 14.1. The molecule has 35 heavy (non-hydrogen) atoms. The van der Waals surface area contributed by atoms with Gasteiger partial charge in [0.2, 0.25) is 5.91 Å². The summed E-state index contributed by atoms with van der Waals surface area (Å²) in [6.45, 7) is 21.0. The topological polar surface area (TPSA) is 98.8 Å². The van der Waals surface area contributed by atoms with Crippen molar-refractivity contribution in [2.24, 2.45) is 0 Å². The molecule has 0 aromatic rings. The summed E-state index contributed by atoms with van der Waals surface area (Å²) in [5.41, 5.74) is 0. The standard InChI is InChI=1S/C22H45N3O7S.C2H6/c1-20(2)32-19-22(26)23-5-11-28-13-15-30-17-18-31-16-14-29-12-10-24-6-8-25(9-7-24)33(27)21(3)4;1-2/h20-21H,5-19H2,1-4H3,(H,23,26);1-2H3. The highest BCUT2D eigenvalue weighted by atomic mass is 32.2. The minimum absolute atomic E-state index is 0.0439. The van der Waals surface area contributed by atoms with Crippen LogP contribution in [-0.2, 0) is 39.5 Å². The van der Waals surface area contributed by atoms with E-state index in [-0.39, 0.29) is 23.9 Å².